The van der Waals surface area contributed by atoms with Crippen LogP contribution in [0.3, 0.4) is 0 Å². The quantitative estimate of drug-likeness (QED) is 0.567. The van der Waals surface area contributed by atoms with Gasteiger partial charge in [-0.1, -0.05) is 27.7 Å². The van der Waals surface area contributed by atoms with E-state index in [-0.39, 0.29) is 5.41 Å². The van der Waals surface area contributed by atoms with Gasteiger partial charge >= 0.3 is 0 Å². The minimum Gasteiger partial charge on any atom is -0.512 e. The van der Waals surface area contributed by atoms with E-state index in [1.54, 1.807) is 0 Å². The van der Waals surface area contributed by atoms with Crippen molar-refractivity contribution in [3.05, 3.63) is 11.3 Å². The van der Waals surface area contributed by atoms with Crippen LogP contribution in [0.2, 0.25) is 0 Å². The molecule has 1 heteroatoms. The Morgan fingerprint density at radius 2 is 1.73 bits per heavy atom. The Hall–Kier alpha value is -0.460. The van der Waals surface area contributed by atoms with Crippen molar-refractivity contribution in [3.63, 3.8) is 0 Å². The maximum atomic E-state index is 9.21. The van der Waals surface area contributed by atoms with E-state index in [4.69, 9.17) is 0 Å². The third-order valence-electron chi connectivity index (χ3n) is 2.43. The van der Waals surface area contributed by atoms with Crippen LogP contribution in [0.5, 0.6) is 0 Å². The molecule has 1 aliphatic carbocycles. The number of allylic oxidation sites excluding steroid dienone is 2. The molecular formula is C10H20O. The summed E-state index contributed by atoms with van der Waals surface area (Å²) in [4.78, 5) is 0. The molecule has 11 heavy (non-hydrogen) atoms. The van der Waals surface area contributed by atoms with Crippen molar-refractivity contribution in [2.45, 2.75) is 47.5 Å². The molecule has 0 aromatic rings. The topological polar surface area (TPSA) is 20.2 Å². The summed E-state index contributed by atoms with van der Waals surface area (Å²) in [6.45, 7) is 10.4. The van der Waals surface area contributed by atoms with Gasteiger partial charge in [0.1, 0.15) is 0 Å². The second-order valence-corrected chi connectivity index (χ2v) is 3.46. The van der Waals surface area contributed by atoms with E-state index in [2.05, 4.69) is 13.8 Å². The summed E-state index contributed by atoms with van der Waals surface area (Å²) in [5, 5.41) is 9.21. The molecule has 0 unspecified atom stereocenters. The van der Waals surface area contributed by atoms with Gasteiger partial charge in [0.05, 0.1) is 5.76 Å². The molecule has 0 aliphatic heterocycles. The highest BCUT2D eigenvalue weighted by Crippen LogP contribution is 2.40. The zero-order valence-electron chi connectivity index (χ0n) is 8.36. The highest BCUT2D eigenvalue weighted by molar-refractivity contribution is 5.19. The van der Waals surface area contributed by atoms with Crippen LogP contribution in [0.4, 0.5) is 0 Å². The lowest BCUT2D eigenvalue weighted by Crippen LogP contribution is -2.06. The van der Waals surface area contributed by atoms with Crippen molar-refractivity contribution in [1.82, 2.24) is 0 Å². The van der Waals surface area contributed by atoms with Crippen LogP contribution in [0.15, 0.2) is 11.3 Å². The van der Waals surface area contributed by atoms with E-state index in [9.17, 15) is 5.11 Å². The van der Waals surface area contributed by atoms with Gasteiger partial charge in [0.15, 0.2) is 0 Å². The van der Waals surface area contributed by atoms with Crippen LogP contribution in [-0.2, 0) is 0 Å². The number of rotatable bonds is 0. The molecule has 0 radical (unpaired) electrons. The summed E-state index contributed by atoms with van der Waals surface area (Å²) in [5.74, 6) is 0.611. The van der Waals surface area contributed by atoms with Crippen LogP contribution in [-0.4, -0.2) is 5.11 Å². The molecule has 0 amide bonds. The molecular weight excluding hydrogens is 136 g/mol. The van der Waals surface area contributed by atoms with Gasteiger partial charge in [-0.15, -0.1) is 0 Å². The van der Waals surface area contributed by atoms with Gasteiger partial charge in [0, 0.05) is 6.42 Å². The summed E-state index contributed by atoms with van der Waals surface area (Å²) in [5.41, 5.74) is 1.42. The fourth-order valence-corrected chi connectivity index (χ4v) is 1.20. The summed E-state index contributed by atoms with van der Waals surface area (Å²) in [6, 6.07) is 0. The van der Waals surface area contributed by atoms with Gasteiger partial charge in [0.25, 0.3) is 0 Å². The lowest BCUT2D eigenvalue weighted by Gasteiger charge is -2.17. The standard InChI is InChI=1S/C8H14O.C2H6/c1-6-7(9)4-5-8(6,2)3;1-2/h9H,4-5H2,1-3H3;1-2H3. The van der Waals surface area contributed by atoms with Crippen molar-refractivity contribution >= 4 is 0 Å². The van der Waals surface area contributed by atoms with E-state index in [1.807, 2.05) is 20.8 Å². The normalized spacial score (nSPS) is 21.2. The SMILES string of the molecule is CC.CC1=C(O)CCC1(C)C. The Kier molecular flexibility index (Phi) is 3.64. The summed E-state index contributed by atoms with van der Waals surface area (Å²) in [6.07, 6.45) is 1.98. The minimum atomic E-state index is 0.254. The van der Waals surface area contributed by atoms with Gasteiger partial charge in [-0.25, -0.2) is 0 Å². The van der Waals surface area contributed by atoms with Gasteiger partial charge in [0.2, 0.25) is 0 Å². The van der Waals surface area contributed by atoms with E-state index >= 15 is 0 Å². The molecule has 0 fully saturated rings. The molecule has 0 saturated carbocycles. The molecule has 0 saturated heterocycles. The van der Waals surface area contributed by atoms with Crippen LogP contribution < -0.4 is 0 Å². The molecule has 66 valence electrons. The number of hydrogen-bond donors (Lipinski definition) is 1. The van der Waals surface area contributed by atoms with E-state index < -0.39 is 0 Å². The predicted molar refractivity (Wildman–Crippen MR) is 49.7 cm³/mol. The first-order chi connectivity index (χ1) is 5.04. The lowest BCUT2D eigenvalue weighted by atomic mass is 9.87. The van der Waals surface area contributed by atoms with Crippen molar-refractivity contribution in [3.8, 4) is 0 Å². The summed E-state index contributed by atoms with van der Waals surface area (Å²) < 4.78 is 0. The van der Waals surface area contributed by atoms with Crippen molar-refractivity contribution in [2.75, 3.05) is 0 Å². The van der Waals surface area contributed by atoms with Crippen LogP contribution in [0, 0.1) is 5.41 Å². The monoisotopic (exact) mass is 156 g/mol. The smallest absolute Gasteiger partial charge is 0.0917 e. The van der Waals surface area contributed by atoms with Crippen LogP contribution >= 0.6 is 0 Å². The average Bonchev–Trinajstić information content (AvgIpc) is 2.21. The highest BCUT2D eigenvalue weighted by Gasteiger charge is 2.28. The fraction of sp³-hybridized carbons (Fsp3) is 0.800. The predicted octanol–water partition coefficient (Wildman–Crippen LogP) is 3.66. The van der Waals surface area contributed by atoms with Crippen molar-refractivity contribution < 1.29 is 5.11 Å². The van der Waals surface area contributed by atoms with Crippen molar-refractivity contribution in [1.29, 1.82) is 0 Å². The summed E-state index contributed by atoms with van der Waals surface area (Å²) >= 11 is 0. The zero-order valence-corrected chi connectivity index (χ0v) is 8.36. The molecule has 0 aromatic heterocycles. The molecule has 0 atom stereocenters. The first-order valence-corrected chi connectivity index (χ1v) is 4.43. The first kappa shape index (κ1) is 10.5. The molecule has 0 aromatic carbocycles. The molecule has 1 N–H and O–H groups in total. The minimum absolute atomic E-state index is 0.254. The maximum Gasteiger partial charge on any atom is 0.0917 e. The number of hydrogen-bond acceptors (Lipinski definition) is 1. The highest BCUT2D eigenvalue weighted by atomic mass is 16.3. The molecule has 1 aliphatic rings. The fourth-order valence-electron chi connectivity index (χ4n) is 1.20. The Morgan fingerprint density at radius 3 is 1.82 bits per heavy atom. The second-order valence-electron chi connectivity index (χ2n) is 3.46. The van der Waals surface area contributed by atoms with Gasteiger partial charge in [-0.05, 0) is 24.3 Å². The summed E-state index contributed by atoms with van der Waals surface area (Å²) in [7, 11) is 0. The molecule has 1 nitrogen and oxygen atoms in total. The lowest BCUT2D eigenvalue weighted by molar-refractivity contribution is 0.393. The third-order valence-corrected chi connectivity index (χ3v) is 2.43. The van der Waals surface area contributed by atoms with Gasteiger partial charge in [-0.2, -0.15) is 0 Å². The van der Waals surface area contributed by atoms with Gasteiger partial charge in [-0.3, -0.25) is 0 Å². The van der Waals surface area contributed by atoms with Crippen LogP contribution in [0.1, 0.15) is 47.5 Å². The molecule has 0 spiro atoms. The Balaban J connectivity index is 0.000000461. The zero-order chi connectivity index (χ0) is 9.07. The van der Waals surface area contributed by atoms with Crippen molar-refractivity contribution in [2.24, 2.45) is 5.41 Å². The Morgan fingerprint density at radius 1 is 1.27 bits per heavy atom. The van der Waals surface area contributed by atoms with E-state index in [0.717, 1.165) is 12.8 Å². The number of aliphatic hydroxyl groups is 1. The molecule has 0 bridgehead atoms. The van der Waals surface area contributed by atoms with E-state index in [0.29, 0.717) is 5.76 Å². The van der Waals surface area contributed by atoms with Gasteiger partial charge < -0.3 is 5.11 Å². The Labute approximate surface area is 70.1 Å². The Bertz CT molecular complexity index is 154. The average molecular weight is 156 g/mol. The van der Waals surface area contributed by atoms with E-state index in [1.165, 1.54) is 5.57 Å². The number of aliphatic hydroxyl groups excluding tert-OH is 1. The van der Waals surface area contributed by atoms with Crippen LogP contribution in [0.25, 0.3) is 0 Å². The largest absolute Gasteiger partial charge is 0.512 e. The third kappa shape index (κ3) is 2.25. The maximum absolute atomic E-state index is 9.21. The first-order valence-electron chi connectivity index (χ1n) is 4.43. The molecule has 1 rings (SSSR count). The second kappa shape index (κ2) is 3.80. The molecule has 0 heterocycles.